The molecule has 9 nitrogen and oxygen atoms in total. The molecule has 2 aromatic carbocycles. The average molecular weight is 534 g/mol. The second kappa shape index (κ2) is 11.2. The molecule has 202 valence electrons. The van der Waals surface area contributed by atoms with E-state index in [0.29, 0.717) is 49.4 Å². The van der Waals surface area contributed by atoms with E-state index in [0.717, 1.165) is 23.4 Å². The predicted molar refractivity (Wildman–Crippen MR) is 137 cm³/mol. The number of nitrogens with one attached hydrogen (secondary N) is 2. The van der Waals surface area contributed by atoms with Crippen molar-refractivity contribution in [2.75, 3.05) is 51.0 Å². The number of ether oxygens (including phenoxy) is 1. The first-order valence-corrected chi connectivity index (χ1v) is 11.7. The highest BCUT2D eigenvalue weighted by Crippen LogP contribution is 2.38. The van der Waals surface area contributed by atoms with E-state index >= 15 is 0 Å². The second-order valence-corrected chi connectivity index (χ2v) is 8.89. The van der Waals surface area contributed by atoms with Gasteiger partial charge in [0.1, 0.15) is 17.9 Å². The van der Waals surface area contributed by atoms with E-state index in [1.54, 1.807) is 31.4 Å². The minimum atomic E-state index is -4.67. The molecule has 0 bridgehead atoms. The van der Waals surface area contributed by atoms with E-state index in [9.17, 15) is 22.4 Å². The first-order chi connectivity index (χ1) is 18.1. The highest BCUT2D eigenvalue weighted by atomic mass is 19.4. The van der Waals surface area contributed by atoms with Crippen LogP contribution in [0.15, 0.2) is 58.3 Å². The Kier molecular flexibility index (Phi) is 7.97. The van der Waals surface area contributed by atoms with Crippen molar-refractivity contribution in [3.05, 3.63) is 65.1 Å². The summed E-state index contributed by atoms with van der Waals surface area (Å²) in [5.41, 5.74) is 7.42. The molecule has 0 saturated heterocycles. The number of carbonyl (C=O) groups excluding carboxylic acids is 1. The number of likely N-dealkylation sites (N-methyl/N-ethyl adjacent to an activating group) is 1. The molecule has 0 fully saturated rings. The van der Waals surface area contributed by atoms with Gasteiger partial charge in [0.05, 0.1) is 17.9 Å². The van der Waals surface area contributed by atoms with Crippen molar-refractivity contribution < 1.29 is 27.1 Å². The third-order valence-corrected chi connectivity index (χ3v) is 6.15. The average Bonchev–Trinajstić information content (AvgIpc) is 3.23. The highest BCUT2D eigenvalue weighted by Gasteiger charge is 2.36. The van der Waals surface area contributed by atoms with Crippen LogP contribution in [0.4, 0.5) is 33.7 Å². The van der Waals surface area contributed by atoms with Gasteiger partial charge in [-0.15, -0.1) is 0 Å². The number of hydrazone groups is 1. The maximum atomic E-state index is 14.0. The predicted octanol–water partition coefficient (Wildman–Crippen LogP) is 4.02. The summed E-state index contributed by atoms with van der Waals surface area (Å²) in [7, 11) is 3.65. The van der Waals surface area contributed by atoms with Crippen molar-refractivity contribution in [1.29, 1.82) is 0 Å². The zero-order valence-electron chi connectivity index (χ0n) is 20.7. The summed E-state index contributed by atoms with van der Waals surface area (Å²) < 4.78 is 58.0. The van der Waals surface area contributed by atoms with Crippen LogP contribution < -0.4 is 16.4 Å². The smallest absolute Gasteiger partial charge is 0.383 e. The molecule has 2 amide bonds. The number of alkyl halides is 3. The van der Waals surface area contributed by atoms with Gasteiger partial charge in [-0.3, -0.25) is 5.01 Å². The van der Waals surface area contributed by atoms with Crippen LogP contribution in [-0.2, 0) is 10.9 Å². The van der Waals surface area contributed by atoms with Crippen molar-refractivity contribution in [2.24, 2.45) is 21.7 Å². The summed E-state index contributed by atoms with van der Waals surface area (Å²) >= 11 is 0. The highest BCUT2D eigenvalue weighted by molar-refractivity contribution is 6.08. The molecule has 38 heavy (non-hydrogen) atoms. The Balaban J connectivity index is 1.51. The molecule has 2 heterocycles. The van der Waals surface area contributed by atoms with Gasteiger partial charge in [0, 0.05) is 38.3 Å². The Morgan fingerprint density at radius 2 is 1.95 bits per heavy atom. The molecule has 0 aliphatic carbocycles. The summed E-state index contributed by atoms with van der Waals surface area (Å²) in [6.45, 7) is 2.66. The maximum absolute atomic E-state index is 14.0. The fourth-order valence-corrected chi connectivity index (χ4v) is 4.36. The van der Waals surface area contributed by atoms with Gasteiger partial charge in [-0.2, -0.15) is 18.3 Å². The molecule has 0 saturated carbocycles. The number of urea groups is 1. The lowest BCUT2D eigenvalue weighted by Gasteiger charge is -2.23. The van der Waals surface area contributed by atoms with Gasteiger partial charge in [-0.1, -0.05) is 12.1 Å². The van der Waals surface area contributed by atoms with E-state index in [1.807, 2.05) is 12.1 Å². The Bertz CT molecular complexity index is 1280. The minimum absolute atomic E-state index is 0.0573. The first kappa shape index (κ1) is 27.1. The number of hydrogen-bond acceptors (Lipinski definition) is 7. The molecule has 0 aromatic heterocycles. The molecule has 2 aliphatic rings. The quantitative estimate of drug-likeness (QED) is 0.445. The summed E-state index contributed by atoms with van der Waals surface area (Å²) in [4.78, 5) is 18.7. The summed E-state index contributed by atoms with van der Waals surface area (Å²) in [5.74, 6) is -0.581. The maximum Gasteiger partial charge on any atom is 0.416 e. The molecule has 0 radical (unpaired) electrons. The molecule has 1 unspecified atom stereocenters. The minimum Gasteiger partial charge on any atom is -0.383 e. The molecule has 2 aliphatic heterocycles. The molecule has 4 N–H and O–H groups in total. The Morgan fingerprint density at radius 3 is 2.63 bits per heavy atom. The second-order valence-electron chi connectivity index (χ2n) is 8.89. The summed E-state index contributed by atoms with van der Waals surface area (Å²) in [5, 5.41) is 10.8. The number of benzene rings is 2. The molecule has 13 heteroatoms. The van der Waals surface area contributed by atoms with Crippen molar-refractivity contribution in [1.82, 2.24) is 9.91 Å². The Labute approximate surface area is 216 Å². The number of amidine groups is 1. The molecular weight excluding hydrogens is 506 g/mol. The Morgan fingerprint density at radius 1 is 1.21 bits per heavy atom. The lowest BCUT2D eigenvalue weighted by molar-refractivity contribution is -0.137. The van der Waals surface area contributed by atoms with Crippen molar-refractivity contribution in [3.8, 4) is 0 Å². The summed E-state index contributed by atoms with van der Waals surface area (Å²) in [6.07, 6.45) is -3.26. The van der Waals surface area contributed by atoms with Gasteiger partial charge in [-0.05, 0) is 48.5 Å². The van der Waals surface area contributed by atoms with Crippen molar-refractivity contribution in [3.63, 3.8) is 0 Å². The largest absolute Gasteiger partial charge is 0.416 e. The standard InChI is InChI=1S/C25H27F4N7O2/c1-35(9-10-38-2)12-16-13-36-22(23(30)31-14-32-36)21(16)15-3-6-18(7-4-15)33-24(37)34-20-11-17(25(27,28)29)5-8-19(20)26/h3-8,11,14,16H,9-10,12-13H2,1-2H3,(H2,30,31,32)(H2,33,34,37). The van der Waals surface area contributed by atoms with Crippen LogP contribution in [0.1, 0.15) is 11.1 Å². The van der Waals surface area contributed by atoms with Crippen LogP contribution in [0, 0.1) is 11.7 Å². The van der Waals surface area contributed by atoms with Crippen LogP contribution >= 0.6 is 0 Å². The SMILES string of the molecule is COCCN(C)CC1CN2N=CN=C(N)C2=C1c1ccc(NC(=O)Nc2cc(C(F)(F)F)ccc2F)cc1. The monoisotopic (exact) mass is 533 g/mol. The zero-order valence-corrected chi connectivity index (χ0v) is 20.7. The van der Waals surface area contributed by atoms with E-state index in [4.69, 9.17) is 10.5 Å². The molecule has 0 spiro atoms. The molecule has 4 rings (SSSR count). The zero-order chi connectivity index (χ0) is 27.4. The number of hydrogen-bond donors (Lipinski definition) is 3. The molecular formula is C25H27F4N7O2. The number of aliphatic imine (C=N–C) groups is 1. The number of anilines is 2. The third-order valence-electron chi connectivity index (χ3n) is 6.15. The summed E-state index contributed by atoms with van der Waals surface area (Å²) in [6, 6.07) is 7.77. The van der Waals surface area contributed by atoms with Gasteiger partial charge < -0.3 is 26.0 Å². The van der Waals surface area contributed by atoms with Gasteiger partial charge >= 0.3 is 12.2 Å². The van der Waals surface area contributed by atoms with Gasteiger partial charge in [0.15, 0.2) is 5.84 Å². The van der Waals surface area contributed by atoms with Crippen LogP contribution in [-0.4, -0.2) is 68.5 Å². The van der Waals surface area contributed by atoms with Crippen molar-refractivity contribution >= 4 is 35.2 Å². The lowest BCUT2D eigenvalue weighted by Crippen LogP contribution is -2.32. The van der Waals surface area contributed by atoms with E-state index in [-0.39, 0.29) is 5.92 Å². The van der Waals surface area contributed by atoms with E-state index in [1.165, 1.54) is 6.34 Å². The number of halogens is 4. The van der Waals surface area contributed by atoms with E-state index < -0.39 is 29.3 Å². The first-order valence-electron chi connectivity index (χ1n) is 11.7. The number of nitrogens with two attached hydrogens (primary N) is 1. The van der Waals surface area contributed by atoms with Crippen LogP contribution in [0.5, 0.6) is 0 Å². The molecule has 2 aromatic rings. The van der Waals surface area contributed by atoms with Gasteiger partial charge in [-0.25, -0.2) is 14.2 Å². The molecule has 1 atom stereocenters. The van der Waals surface area contributed by atoms with E-state index in [2.05, 4.69) is 25.6 Å². The number of nitrogens with zero attached hydrogens (tertiary/aromatic N) is 4. The number of fused-ring (bicyclic) bond motifs is 1. The number of amides is 2. The topological polar surface area (TPSA) is 108 Å². The number of rotatable bonds is 8. The van der Waals surface area contributed by atoms with Crippen LogP contribution in [0.2, 0.25) is 0 Å². The van der Waals surface area contributed by atoms with Crippen LogP contribution in [0.3, 0.4) is 0 Å². The van der Waals surface area contributed by atoms with Crippen molar-refractivity contribution in [2.45, 2.75) is 6.18 Å². The fraction of sp³-hybridized carbons (Fsp3) is 0.320. The van der Waals surface area contributed by atoms with Gasteiger partial charge in [0.25, 0.3) is 0 Å². The van der Waals surface area contributed by atoms with Crippen LogP contribution in [0.25, 0.3) is 5.57 Å². The Hall–Kier alpha value is -3.97. The van der Waals surface area contributed by atoms with Gasteiger partial charge in [0.2, 0.25) is 0 Å². The number of methoxy groups -OCH3 is 1. The fourth-order valence-electron chi connectivity index (χ4n) is 4.36. The lowest BCUT2D eigenvalue weighted by atomic mass is 9.92. The normalized spacial score (nSPS) is 17.1. The number of carbonyl (C=O) groups is 1. The third kappa shape index (κ3) is 6.11.